The van der Waals surface area contributed by atoms with E-state index in [0.717, 1.165) is 17.8 Å². The number of ether oxygens (including phenoxy) is 1. The Hall–Kier alpha value is -2.90. The van der Waals surface area contributed by atoms with Gasteiger partial charge in [-0.1, -0.05) is 6.07 Å². The molecule has 8 heteroatoms. The van der Waals surface area contributed by atoms with Crippen LogP contribution in [0.3, 0.4) is 0 Å². The summed E-state index contributed by atoms with van der Waals surface area (Å²) >= 11 is 0. The Kier molecular flexibility index (Phi) is 6.08. The minimum absolute atomic E-state index is 0.0357. The molecule has 2 amide bonds. The number of nitrogens with one attached hydrogen (secondary N) is 1. The van der Waals surface area contributed by atoms with Crippen LogP contribution in [-0.4, -0.2) is 51.8 Å². The van der Waals surface area contributed by atoms with Crippen LogP contribution in [0.4, 0.5) is 5.82 Å². The third-order valence-electron chi connectivity index (χ3n) is 7.97. The Morgan fingerprint density at radius 1 is 1.12 bits per heavy atom. The van der Waals surface area contributed by atoms with E-state index in [1.807, 2.05) is 19.1 Å². The molecule has 4 fully saturated rings. The highest BCUT2D eigenvalue weighted by atomic mass is 16.5. The summed E-state index contributed by atoms with van der Waals surface area (Å²) in [6.45, 7) is 4.05. The Bertz CT molecular complexity index is 1070. The Morgan fingerprint density at radius 2 is 1.79 bits per heavy atom. The minimum Gasteiger partial charge on any atom is -0.465 e. The molecule has 8 nitrogen and oxygen atoms in total. The SMILES string of the molecule is CCOC(=O)CN(CC)C(=O)c1cn2c(NC(=O)CC34CC5CC(CC(C5)C3)C4)cccc2n1. The molecule has 4 saturated carbocycles. The number of carbonyl (C=O) groups excluding carboxylic acids is 3. The van der Waals surface area contributed by atoms with Gasteiger partial charge in [0.05, 0.1) is 6.61 Å². The number of carbonyl (C=O) groups is 3. The fourth-order valence-electron chi connectivity index (χ4n) is 7.10. The number of fused-ring (bicyclic) bond motifs is 1. The first-order chi connectivity index (χ1) is 16.4. The summed E-state index contributed by atoms with van der Waals surface area (Å²) < 4.78 is 6.71. The summed E-state index contributed by atoms with van der Waals surface area (Å²) in [5, 5.41) is 3.09. The van der Waals surface area contributed by atoms with E-state index < -0.39 is 5.97 Å². The molecule has 4 bridgehead atoms. The summed E-state index contributed by atoms with van der Waals surface area (Å²) in [6.07, 6.45) is 9.84. The smallest absolute Gasteiger partial charge is 0.325 e. The van der Waals surface area contributed by atoms with Crippen molar-refractivity contribution < 1.29 is 19.1 Å². The summed E-state index contributed by atoms with van der Waals surface area (Å²) in [5.41, 5.74) is 0.967. The number of pyridine rings is 1. The van der Waals surface area contributed by atoms with Crippen LogP contribution in [0.2, 0.25) is 0 Å². The van der Waals surface area contributed by atoms with Gasteiger partial charge in [0, 0.05) is 19.2 Å². The monoisotopic (exact) mass is 466 g/mol. The van der Waals surface area contributed by atoms with E-state index >= 15 is 0 Å². The lowest BCUT2D eigenvalue weighted by Gasteiger charge is -2.56. The fraction of sp³-hybridized carbons (Fsp3) is 0.615. The number of esters is 1. The Morgan fingerprint density at radius 3 is 2.41 bits per heavy atom. The number of rotatable bonds is 8. The first kappa shape index (κ1) is 22.9. The molecular weight excluding hydrogens is 432 g/mol. The first-order valence-corrected chi connectivity index (χ1v) is 12.6. The molecule has 4 aliphatic rings. The van der Waals surface area contributed by atoms with Crippen LogP contribution < -0.4 is 5.32 Å². The number of amides is 2. The average Bonchev–Trinajstić information content (AvgIpc) is 3.21. The van der Waals surface area contributed by atoms with Gasteiger partial charge in [0.2, 0.25) is 5.91 Å². The molecule has 0 saturated heterocycles. The first-order valence-electron chi connectivity index (χ1n) is 12.6. The summed E-state index contributed by atoms with van der Waals surface area (Å²) in [5.74, 6) is 2.27. The number of nitrogens with zero attached hydrogens (tertiary/aromatic N) is 3. The van der Waals surface area contributed by atoms with E-state index in [2.05, 4.69) is 10.3 Å². The van der Waals surface area contributed by atoms with Crippen molar-refractivity contribution in [1.29, 1.82) is 0 Å². The van der Waals surface area contributed by atoms with Crippen molar-refractivity contribution in [1.82, 2.24) is 14.3 Å². The van der Waals surface area contributed by atoms with Gasteiger partial charge in [-0.05, 0) is 87.7 Å². The Labute approximate surface area is 200 Å². The number of imidazole rings is 1. The van der Waals surface area contributed by atoms with E-state index in [4.69, 9.17) is 4.74 Å². The minimum atomic E-state index is -0.445. The second-order valence-electron chi connectivity index (χ2n) is 10.5. The zero-order valence-corrected chi connectivity index (χ0v) is 20.1. The molecule has 0 spiro atoms. The number of likely N-dealkylation sites (N-methyl/N-ethyl adjacent to an activating group) is 1. The van der Waals surface area contributed by atoms with Gasteiger partial charge in [-0.3, -0.25) is 18.8 Å². The quantitative estimate of drug-likeness (QED) is 0.596. The standard InChI is InChI=1S/C26H34N4O4/c1-3-29(16-24(32)34-4-2)25(33)20-15-30-21(27-20)6-5-7-22(30)28-23(31)14-26-11-17-8-18(12-26)10-19(9-17)13-26/h5-7,15,17-19H,3-4,8-14,16H2,1-2H3,(H,28,31). The molecule has 0 aliphatic heterocycles. The molecule has 0 aromatic carbocycles. The molecule has 0 atom stereocenters. The number of anilines is 1. The number of aromatic nitrogens is 2. The highest BCUT2D eigenvalue weighted by molar-refractivity contribution is 5.95. The van der Waals surface area contributed by atoms with Crippen molar-refractivity contribution in [2.24, 2.45) is 23.2 Å². The fourth-order valence-corrected chi connectivity index (χ4v) is 7.10. The summed E-state index contributed by atoms with van der Waals surface area (Å²) in [6, 6.07) is 5.46. The third kappa shape index (κ3) is 4.42. The maximum atomic E-state index is 13.1. The maximum Gasteiger partial charge on any atom is 0.325 e. The molecule has 6 rings (SSSR count). The van der Waals surface area contributed by atoms with Crippen LogP contribution in [0.5, 0.6) is 0 Å². The van der Waals surface area contributed by atoms with E-state index in [1.165, 1.54) is 43.4 Å². The van der Waals surface area contributed by atoms with E-state index in [1.54, 1.807) is 23.6 Å². The van der Waals surface area contributed by atoms with Gasteiger partial charge in [0.1, 0.15) is 23.7 Å². The largest absolute Gasteiger partial charge is 0.465 e. The maximum absolute atomic E-state index is 13.1. The highest BCUT2D eigenvalue weighted by Gasteiger charge is 2.51. The molecule has 0 radical (unpaired) electrons. The van der Waals surface area contributed by atoms with Gasteiger partial charge < -0.3 is 15.0 Å². The molecule has 4 aliphatic carbocycles. The van der Waals surface area contributed by atoms with Gasteiger partial charge in [0.25, 0.3) is 5.91 Å². The van der Waals surface area contributed by atoms with Crippen molar-refractivity contribution in [2.45, 2.75) is 58.8 Å². The van der Waals surface area contributed by atoms with E-state index in [-0.39, 0.29) is 36.1 Å². The molecule has 2 aromatic heterocycles. The van der Waals surface area contributed by atoms with Crippen molar-refractivity contribution in [3.63, 3.8) is 0 Å². The lowest BCUT2D eigenvalue weighted by Crippen LogP contribution is -2.47. The van der Waals surface area contributed by atoms with Crippen molar-refractivity contribution in [2.75, 3.05) is 25.0 Å². The van der Waals surface area contributed by atoms with E-state index in [0.29, 0.717) is 24.4 Å². The second-order valence-corrected chi connectivity index (χ2v) is 10.5. The molecule has 1 N–H and O–H groups in total. The number of hydrogen-bond acceptors (Lipinski definition) is 5. The molecule has 2 aromatic rings. The van der Waals surface area contributed by atoms with Crippen LogP contribution in [0.15, 0.2) is 24.4 Å². The lowest BCUT2D eigenvalue weighted by atomic mass is 9.49. The summed E-state index contributed by atoms with van der Waals surface area (Å²) in [7, 11) is 0. The van der Waals surface area contributed by atoms with Gasteiger partial charge in [0.15, 0.2) is 0 Å². The number of hydrogen-bond donors (Lipinski definition) is 1. The van der Waals surface area contributed by atoms with E-state index in [9.17, 15) is 14.4 Å². The zero-order valence-electron chi connectivity index (χ0n) is 20.1. The lowest BCUT2D eigenvalue weighted by molar-refractivity contribution is -0.143. The Balaban J connectivity index is 1.30. The van der Waals surface area contributed by atoms with Crippen molar-refractivity contribution in [3.8, 4) is 0 Å². The van der Waals surface area contributed by atoms with Gasteiger partial charge in [-0.15, -0.1) is 0 Å². The molecule has 0 unspecified atom stereocenters. The van der Waals surface area contributed by atoms with Gasteiger partial charge in [-0.25, -0.2) is 4.98 Å². The normalized spacial score (nSPS) is 27.1. The van der Waals surface area contributed by atoms with Gasteiger partial charge in [-0.2, -0.15) is 0 Å². The molecular formula is C26H34N4O4. The van der Waals surface area contributed by atoms with Crippen LogP contribution >= 0.6 is 0 Å². The zero-order chi connectivity index (χ0) is 23.9. The van der Waals surface area contributed by atoms with Crippen LogP contribution in [0.25, 0.3) is 5.65 Å². The molecule has 2 heterocycles. The van der Waals surface area contributed by atoms with Crippen molar-refractivity contribution in [3.05, 3.63) is 30.1 Å². The highest BCUT2D eigenvalue weighted by Crippen LogP contribution is 2.61. The predicted octanol–water partition coefficient (Wildman–Crippen LogP) is 3.90. The third-order valence-corrected chi connectivity index (χ3v) is 7.97. The molecule has 34 heavy (non-hydrogen) atoms. The second kappa shape index (κ2) is 9.04. The molecule has 182 valence electrons. The van der Waals surface area contributed by atoms with Crippen LogP contribution in [0, 0.1) is 23.2 Å². The average molecular weight is 467 g/mol. The van der Waals surface area contributed by atoms with Crippen LogP contribution in [0.1, 0.15) is 69.3 Å². The van der Waals surface area contributed by atoms with Crippen LogP contribution in [-0.2, 0) is 14.3 Å². The van der Waals surface area contributed by atoms with Gasteiger partial charge >= 0.3 is 5.97 Å². The van der Waals surface area contributed by atoms with Crippen molar-refractivity contribution >= 4 is 29.2 Å². The predicted molar refractivity (Wildman–Crippen MR) is 127 cm³/mol. The summed E-state index contributed by atoms with van der Waals surface area (Å²) in [4.78, 5) is 43.9. The topological polar surface area (TPSA) is 93.0 Å².